The maximum absolute atomic E-state index is 13.4. The van der Waals surface area contributed by atoms with E-state index in [1.807, 2.05) is 0 Å². The van der Waals surface area contributed by atoms with Gasteiger partial charge in [0.1, 0.15) is 22.8 Å². The molecule has 33 heavy (non-hydrogen) atoms. The second-order valence-electron chi connectivity index (χ2n) is 9.17. The van der Waals surface area contributed by atoms with Crippen molar-refractivity contribution in [3.05, 3.63) is 51.5 Å². The van der Waals surface area contributed by atoms with Crippen molar-refractivity contribution in [3.8, 4) is 5.75 Å². The first kappa shape index (κ1) is 23.0. The molecule has 176 valence electrons. The number of fused-ring (bicyclic) bond motifs is 3. The molecule has 4 rings (SSSR count). The summed E-state index contributed by atoms with van der Waals surface area (Å²) in [5, 5.41) is 53.9. The van der Waals surface area contributed by atoms with Crippen LogP contribution in [0.5, 0.6) is 5.75 Å². The molecule has 1 amide bonds. The van der Waals surface area contributed by atoms with Gasteiger partial charge < -0.3 is 31.3 Å². The smallest absolute Gasteiger partial charge is 0.255 e. The molecule has 7 N–H and O–H groups in total. The van der Waals surface area contributed by atoms with E-state index in [-0.39, 0.29) is 29.7 Å². The SMILES string of the molecule is CC(O)c1ccc(O)c2c1C[C@H]1C[C@H]3[C@H](N(C)C)C(O)=C(C(N)=O)C(=O)[C@@]3(O)C(O)=C1C2=O. The van der Waals surface area contributed by atoms with E-state index in [4.69, 9.17) is 5.73 Å². The average molecular weight is 458 g/mol. The zero-order valence-electron chi connectivity index (χ0n) is 18.4. The number of phenols is 1. The Bertz CT molecular complexity index is 1170. The average Bonchev–Trinajstić information content (AvgIpc) is 2.70. The van der Waals surface area contributed by atoms with Gasteiger partial charge in [-0.1, -0.05) is 6.07 Å². The Morgan fingerprint density at radius 2 is 1.85 bits per heavy atom. The third-order valence-corrected chi connectivity index (χ3v) is 7.09. The van der Waals surface area contributed by atoms with Gasteiger partial charge in [-0.25, -0.2) is 0 Å². The van der Waals surface area contributed by atoms with Crippen LogP contribution in [-0.4, -0.2) is 73.6 Å². The number of aromatic hydroxyl groups is 1. The number of amides is 1. The number of rotatable bonds is 3. The molecular weight excluding hydrogens is 432 g/mol. The fourth-order valence-electron chi connectivity index (χ4n) is 5.67. The van der Waals surface area contributed by atoms with Crippen LogP contribution < -0.4 is 5.73 Å². The molecule has 10 heteroatoms. The number of nitrogens with two attached hydrogens (primary N) is 1. The van der Waals surface area contributed by atoms with Gasteiger partial charge >= 0.3 is 0 Å². The lowest BCUT2D eigenvalue weighted by Gasteiger charge is -2.50. The lowest BCUT2D eigenvalue weighted by Crippen LogP contribution is -2.63. The number of phenolic OH excluding ortho intramolecular Hbond substituents is 1. The van der Waals surface area contributed by atoms with Crippen LogP contribution in [0, 0.1) is 11.8 Å². The Morgan fingerprint density at radius 1 is 1.21 bits per heavy atom. The molecule has 0 spiro atoms. The van der Waals surface area contributed by atoms with E-state index in [1.54, 1.807) is 14.1 Å². The van der Waals surface area contributed by atoms with Crippen molar-refractivity contribution in [1.82, 2.24) is 4.90 Å². The highest BCUT2D eigenvalue weighted by molar-refractivity contribution is 6.24. The molecule has 0 heterocycles. The number of aliphatic hydroxyl groups is 4. The number of hydrogen-bond acceptors (Lipinski definition) is 9. The Balaban J connectivity index is 1.98. The summed E-state index contributed by atoms with van der Waals surface area (Å²) in [7, 11) is 3.13. The molecule has 0 fully saturated rings. The standard InChI is InChI=1S/C23H26N2O8/c1-8(26)10-4-5-13(27)15-11(10)6-9-7-12-17(25(2)3)19(29)16(22(24)32)21(31)23(12,33)20(30)14(9)18(15)28/h4-5,8-9,12,17,26-27,29-30,33H,6-7H2,1-3H3,(H2,24,32)/t8?,9-,12-,17-,23-/m0/s1. The summed E-state index contributed by atoms with van der Waals surface area (Å²) >= 11 is 0. The van der Waals surface area contributed by atoms with Crippen LogP contribution in [0.3, 0.4) is 0 Å². The number of carbonyl (C=O) groups excluding carboxylic acids is 3. The highest BCUT2D eigenvalue weighted by atomic mass is 16.3. The van der Waals surface area contributed by atoms with Crippen molar-refractivity contribution in [2.75, 3.05) is 14.1 Å². The number of benzene rings is 1. The Morgan fingerprint density at radius 3 is 2.39 bits per heavy atom. The molecule has 1 aromatic carbocycles. The zero-order chi connectivity index (χ0) is 24.6. The third-order valence-electron chi connectivity index (χ3n) is 7.09. The fourth-order valence-corrected chi connectivity index (χ4v) is 5.67. The summed E-state index contributed by atoms with van der Waals surface area (Å²) in [5.41, 5.74) is 2.30. The molecular formula is C23H26N2O8. The molecule has 0 bridgehead atoms. The van der Waals surface area contributed by atoms with Crippen LogP contribution in [0.2, 0.25) is 0 Å². The molecule has 3 aliphatic rings. The van der Waals surface area contributed by atoms with E-state index < -0.39 is 64.1 Å². The highest BCUT2D eigenvalue weighted by Crippen LogP contribution is 2.52. The quantitative estimate of drug-likeness (QED) is 0.344. The van der Waals surface area contributed by atoms with Crippen molar-refractivity contribution >= 4 is 17.5 Å². The van der Waals surface area contributed by atoms with E-state index >= 15 is 0 Å². The second-order valence-corrected chi connectivity index (χ2v) is 9.17. The lowest BCUT2D eigenvalue weighted by atomic mass is 9.58. The van der Waals surface area contributed by atoms with Gasteiger partial charge in [0.15, 0.2) is 11.4 Å². The first-order chi connectivity index (χ1) is 15.3. The summed E-state index contributed by atoms with van der Waals surface area (Å²) < 4.78 is 0. The minimum atomic E-state index is -2.66. The predicted octanol–water partition coefficient (Wildman–Crippen LogP) is 0.174. The van der Waals surface area contributed by atoms with Crippen molar-refractivity contribution in [2.24, 2.45) is 17.6 Å². The van der Waals surface area contributed by atoms with E-state index in [2.05, 4.69) is 0 Å². The summed E-state index contributed by atoms with van der Waals surface area (Å²) in [4.78, 5) is 40.1. The molecule has 0 aromatic heterocycles. The number of likely N-dealkylation sites (N-methyl/N-ethyl adjacent to an activating group) is 1. The second kappa shape index (κ2) is 7.41. The molecule has 3 aliphatic carbocycles. The third kappa shape index (κ3) is 2.94. The number of aliphatic hydroxyl groups excluding tert-OH is 3. The minimum absolute atomic E-state index is 0.000662. The van der Waals surface area contributed by atoms with Crippen LogP contribution in [0.1, 0.15) is 40.9 Å². The molecule has 0 saturated carbocycles. The monoisotopic (exact) mass is 458 g/mol. The van der Waals surface area contributed by atoms with Gasteiger partial charge in [-0.2, -0.15) is 0 Å². The first-order valence-corrected chi connectivity index (χ1v) is 10.5. The van der Waals surface area contributed by atoms with Gasteiger partial charge in [0.05, 0.1) is 17.7 Å². The summed E-state index contributed by atoms with van der Waals surface area (Å²) in [6.07, 6.45) is -0.785. The Kier molecular flexibility index (Phi) is 5.15. The Hall–Kier alpha value is -3.21. The normalized spacial score (nSPS) is 30.2. The fraction of sp³-hybridized carbons (Fsp3) is 0.435. The van der Waals surface area contributed by atoms with Crippen LogP contribution in [0.4, 0.5) is 0 Å². The van der Waals surface area contributed by atoms with E-state index in [0.717, 1.165) is 0 Å². The van der Waals surface area contributed by atoms with Crippen LogP contribution in [0.15, 0.2) is 34.8 Å². The van der Waals surface area contributed by atoms with E-state index in [0.29, 0.717) is 11.1 Å². The van der Waals surface area contributed by atoms with E-state index in [1.165, 1.54) is 24.0 Å². The van der Waals surface area contributed by atoms with Gasteiger partial charge in [-0.15, -0.1) is 0 Å². The number of hydrogen-bond donors (Lipinski definition) is 6. The van der Waals surface area contributed by atoms with Crippen molar-refractivity contribution in [3.63, 3.8) is 0 Å². The van der Waals surface area contributed by atoms with Gasteiger partial charge in [0.25, 0.3) is 5.91 Å². The van der Waals surface area contributed by atoms with Crippen LogP contribution in [-0.2, 0) is 16.0 Å². The van der Waals surface area contributed by atoms with Crippen molar-refractivity contribution < 1.29 is 39.9 Å². The molecule has 0 aliphatic heterocycles. The van der Waals surface area contributed by atoms with Gasteiger partial charge in [-0.3, -0.25) is 19.3 Å². The summed E-state index contributed by atoms with van der Waals surface area (Å²) in [6.45, 7) is 1.52. The summed E-state index contributed by atoms with van der Waals surface area (Å²) in [6, 6.07) is 1.73. The molecule has 10 nitrogen and oxygen atoms in total. The zero-order valence-corrected chi connectivity index (χ0v) is 18.4. The predicted molar refractivity (Wildman–Crippen MR) is 114 cm³/mol. The summed E-state index contributed by atoms with van der Waals surface area (Å²) in [5.74, 6) is -6.97. The number of ketones is 2. The minimum Gasteiger partial charge on any atom is -0.510 e. The highest BCUT2D eigenvalue weighted by Gasteiger charge is 2.63. The number of carbonyl (C=O) groups is 3. The topological polar surface area (TPSA) is 182 Å². The molecule has 1 aromatic rings. The van der Waals surface area contributed by atoms with Gasteiger partial charge in [0, 0.05) is 11.5 Å². The molecule has 5 atom stereocenters. The number of Topliss-reactive ketones (excluding diaryl/α,β-unsaturated/α-hetero) is 2. The number of primary amides is 1. The maximum Gasteiger partial charge on any atom is 0.255 e. The Labute approximate surface area is 189 Å². The molecule has 1 unspecified atom stereocenters. The number of allylic oxidation sites excluding steroid dienone is 1. The van der Waals surface area contributed by atoms with Crippen molar-refractivity contribution in [1.29, 1.82) is 0 Å². The van der Waals surface area contributed by atoms with Gasteiger partial charge in [-0.05, 0) is 57.0 Å². The molecule has 0 radical (unpaired) electrons. The van der Waals surface area contributed by atoms with Crippen LogP contribution >= 0.6 is 0 Å². The molecule has 0 saturated heterocycles. The van der Waals surface area contributed by atoms with E-state index in [9.17, 15) is 39.9 Å². The maximum atomic E-state index is 13.4. The first-order valence-electron chi connectivity index (χ1n) is 10.5. The van der Waals surface area contributed by atoms with Gasteiger partial charge in [0.2, 0.25) is 5.78 Å². The van der Waals surface area contributed by atoms with Crippen LogP contribution in [0.25, 0.3) is 0 Å². The number of nitrogens with zero attached hydrogens (tertiary/aromatic N) is 1. The van der Waals surface area contributed by atoms with Crippen molar-refractivity contribution in [2.45, 2.75) is 37.5 Å². The lowest BCUT2D eigenvalue weighted by molar-refractivity contribution is -0.148. The largest absolute Gasteiger partial charge is 0.510 e.